The summed E-state index contributed by atoms with van der Waals surface area (Å²) in [5.41, 5.74) is 6.68. The van der Waals surface area contributed by atoms with Crippen LogP contribution in [0.3, 0.4) is 0 Å². The van der Waals surface area contributed by atoms with Gasteiger partial charge in [-0.15, -0.1) is 0 Å². The normalized spacial score (nSPS) is 20.3. The lowest BCUT2D eigenvalue weighted by Gasteiger charge is -2.39. The van der Waals surface area contributed by atoms with Crippen molar-refractivity contribution in [2.75, 3.05) is 0 Å². The molecule has 1 aromatic rings. The topological polar surface area (TPSA) is 37.4 Å². The first kappa shape index (κ1) is 20.8. The number of benzene rings is 1. The molecular formula is C25H35NO2. The van der Waals surface area contributed by atoms with Gasteiger partial charge in [0.2, 0.25) is 0 Å². The second kappa shape index (κ2) is 6.30. The zero-order valence-corrected chi connectivity index (χ0v) is 19.0. The number of carbonyl (C=O) groups is 2. The first-order valence-electron chi connectivity index (χ1n) is 10.4. The molecule has 0 saturated heterocycles. The Kier molecular flexibility index (Phi) is 4.69. The smallest absolute Gasteiger partial charge is 0.254 e. The first-order valence-corrected chi connectivity index (χ1v) is 10.4. The quantitative estimate of drug-likeness (QED) is 0.603. The summed E-state index contributed by atoms with van der Waals surface area (Å²) in [6.07, 6.45) is 4.53. The number of amides is 2. The highest BCUT2D eigenvalue weighted by molar-refractivity contribution is 6.13. The van der Waals surface area contributed by atoms with Crippen molar-refractivity contribution in [2.24, 2.45) is 0 Å². The van der Waals surface area contributed by atoms with E-state index >= 15 is 0 Å². The van der Waals surface area contributed by atoms with Crippen molar-refractivity contribution >= 4 is 11.8 Å². The zero-order chi connectivity index (χ0) is 21.2. The van der Waals surface area contributed by atoms with Gasteiger partial charge in [-0.25, -0.2) is 0 Å². The molecule has 0 aromatic heterocycles. The Morgan fingerprint density at radius 1 is 0.786 bits per heavy atom. The molecule has 152 valence electrons. The highest BCUT2D eigenvalue weighted by Crippen LogP contribution is 2.49. The van der Waals surface area contributed by atoms with Gasteiger partial charge in [0.25, 0.3) is 11.8 Å². The molecule has 0 fully saturated rings. The number of nitrogens with zero attached hydrogens (tertiary/aromatic N) is 1. The van der Waals surface area contributed by atoms with Gasteiger partial charge in [-0.05, 0) is 56.9 Å². The van der Waals surface area contributed by atoms with Crippen LogP contribution in [0.1, 0.15) is 103 Å². The van der Waals surface area contributed by atoms with E-state index in [0.717, 1.165) is 12.8 Å². The summed E-state index contributed by atoms with van der Waals surface area (Å²) in [4.78, 5) is 26.2. The van der Waals surface area contributed by atoms with Crippen molar-refractivity contribution < 1.29 is 9.59 Å². The second-order valence-electron chi connectivity index (χ2n) is 11.4. The van der Waals surface area contributed by atoms with Crippen LogP contribution in [-0.2, 0) is 32.3 Å². The predicted molar refractivity (Wildman–Crippen MR) is 115 cm³/mol. The third-order valence-corrected chi connectivity index (χ3v) is 5.96. The molecule has 0 unspecified atom stereocenters. The van der Waals surface area contributed by atoms with Crippen molar-refractivity contribution in [2.45, 2.75) is 97.4 Å². The molecule has 0 saturated carbocycles. The van der Waals surface area contributed by atoms with E-state index in [1.165, 1.54) is 44.9 Å². The fourth-order valence-electron chi connectivity index (χ4n) is 4.93. The van der Waals surface area contributed by atoms with E-state index in [4.69, 9.17) is 0 Å². The van der Waals surface area contributed by atoms with E-state index in [1.807, 2.05) is 0 Å². The van der Waals surface area contributed by atoms with Gasteiger partial charge in [0.15, 0.2) is 0 Å². The molecule has 3 heteroatoms. The Balaban J connectivity index is 2.35. The van der Waals surface area contributed by atoms with Gasteiger partial charge in [0.05, 0.1) is 6.04 Å². The van der Waals surface area contributed by atoms with E-state index in [9.17, 15) is 9.59 Å². The predicted octanol–water partition coefficient (Wildman–Crippen LogP) is 5.49. The summed E-state index contributed by atoms with van der Waals surface area (Å²) in [6.45, 7) is 20.5. The summed E-state index contributed by atoms with van der Waals surface area (Å²) in [5.74, 6) is -0.366. The fraction of sp³-hybridized carbons (Fsp3) is 0.600. The van der Waals surface area contributed by atoms with Crippen molar-refractivity contribution in [3.63, 3.8) is 0 Å². The molecular weight excluding hydrogens is 346 g/mol. The number of fused-ring (bicyclic) bond motifs is 1. The summed E-state index contributed by atoms with van der Waals surface area (Å²) in [5, 5.41) is 0. The average Bonchev–Trinajstić information content (AvgIpc) is 3.05. The lowest BCUT2D eigenvalue weighted by atomic mass is 9.66. The first-order chi connectivity index (χ1) is 12.6. The van der Waals surface area contributed by atoms with E-state index in [1.54, 1.807) is 0 Å². The zero-order valence-electron chi connectivity index (χ0n) is 19.0. The molecule has 2 aliphatic rings. The molecule has 1 aromatic carbocycles. The van der Waals surface area contributed by atoms with Crippen LogP contribution in [0.4, 0.5) is 0 Å². The summed E-state index contributed by atoms with van der Waals surface area (Å²) >= 11 is 0. The fourth-order valence-corrected chi connectivity index (χ4v) is 4.93. The Hall–Kier alpha value is -1.90. The molecule has 0 spiro atoms. The van der Waals surface area contributed by atoms with Gasteiger partial charge in [0, 0.05) is 12.2 Å². The van der Waals surface area contributed by atoms with E-state index in [2.05, 4.69) is 68.4 Å². The van der Waals surface area contributed by atoms with Gasteiger partial charge in [-0.2, -0.15) is 0 Å². The molecule has 0 N–H and O–H groups in total. The molecule has 3 rings (SSSR count). The van der Waals surface area contributed by atoms with Crippen LogP contribution in [-0.4, -0.2) is 16.7 Å². The van der Waals surface area contributed by atoms with E-state index in [0.29, 0.717) is 0 Å². The minimum absolute atomic E-state index is 0.0131. The Morgan fingerprint density at radius 3 is 1.71 bits per heavy atom. The van der Waals surface area contributed by atoms with Crippen LogP contribution in [0.5, 0.6) is 0 Å². The molecule has 2 amide bonds. The number of hydrogen-bond donors (Lipinski definition) is 0. The van der Waals surface area contributed by atoms with E-state index < -0.39 is 0 Å². The maximum Gasteiger partial charge on any atom is 0.254 e. The van der Waals surface area contributed by atoms with Gasteiger partial charge in [-0.3, -0.25) is 14.5 Å². The Morgan fingerprint density at radius 2 is 1.29 bits per heavy atom. The van der Waals surface area contributed by atoms with Crippen molar-refractivity contribution in [3.8, 4) is 0 Å². The highest BCUT2D eigenvalue weighted by atomic mass is 16.2. The molecule has 1 heterocycles. The number of carbonyl (C=O) groups excluding carboxylic acids is 2. The summed E-state index contributed by atoms with van der Waals surface area (Å²) in [6, 6.07) is 2.16. The standard InChI is InChI=1S/C25H35NO2/c1-23(2,3)17-14-16-15(21(24(4,5)6)22(17)25(7,8)9)10-11-18(16)26-19(27)12-13-20(26)28/h12-14,18H,10-11H2,1-9H3/t18-/m0/s1. The maximum absolute atomic E-state index is 12.4. The molecule has 1 aliphatic carbocycles. The summed E-state index contributed by atoms with van der Waals surface area (Å²) < 4.78 is 0. The van der Waals surface area contributed by atoms with Gasteiger partial charge in [0.1, 0.15) is 0 Å². The maximum atomic E-state index is 12.4. The number of imide groups is 1. The van der Waals surface area contributed by atoms with Crippen LogP contribution in [0.2, 0.25) is 0 Å². The molecule has 1 aliphatic heterocycles. The Labute approximate surface area is 170 Å². The molecule has 1 atom stereocenters. The molecule has 0 bridgehead atoms. The Bertz CT molecular complexity index is 852. The molecule has 3 nitrogen and oxygen atoms in total. The molecule has 0 radical (unpaired) electrons. The number of rotatable bonds is 1. The van der Waals surface area contributed by atoms with Crippen LogP contribution < -0.4 is 0 Å². The highest BCUT2D eigenvalue weighted by Gasteiger charge is 2.42. The molecule has 28 heavy (non-hydrogen) atoms. The number of hydrogen-bond acceptors (Lipinski definition) is 2. The third kappa shape index (κ3) is 3.33. The SMILES string of the molecule is CC(C)(C)c1cc2c(c(C(C)(C)C)c1C(C)(C)C)CC[C@@H]2N1C(=O)C=CC1=O. The van der Waals surface area contributed by atoms with Crippen LogP contribution in [0.15, 0.2) is 18.2 Å². The van der Waals surface area contributed by atoms with Crippen LogP contribution in [0, 0.1) is 0 Å². The largest absolute Gasteiger partial charge is 0.269 e. The minimum atomic E-state index is -0.183. The van der Waals surface area contributed by atoms with Crippen LogP contribution in [0.25, 0.3) is 0 Å². The minimum Gasteiger partial charge on any atom is -0.269 e. The van der Waals surface area contributed by atoms with E-state index in [-0.39, 0.29) is 34.1 Å². The van der Waals surface area contributed by atoms with Gasteiger partial charge in [-0.1, -0.05) is 68.4 Å². The monoisotopic (exact) mass is 381 g/mol. The van der Waals surface area contributed by atoms with Gasteiger partial charge >= 0.3 is 0 Å². The van der Waals surface area contributed by atoms with Crippen LogP contribution >= 0.6 is 0 Å². The van der Waals surface area contributed by atoms with Crippen molar-refractivity contribution in [3.05, 3.63) is 46.0 Å². The van der Waals surface area contributed by atoms with Crippen molar-refractivity contribution in [1.29, 1.82) is 0 Å². The second-order valence-corrected chi connectivity index (χ2v) is 11.4. The lowest BCUT2D eigenvalue weighted by Crippen LogP contribution is -2.34. The lowest BCUT2D eigenvalue weighted by molar-refractivity contribution is -0.139. The summed E-state index contributed by atoms with van der Waals surface area (Å²) in [7, 11) is 0. The van der Waals surface area contributed by atoms with Gasteiger partial charge < -0.3 is 0 Å². The third-order valence-electron chi connectivity index (χ3n) is 5.96. The van der Waals surface area contributed by atoms with Crippen molar-refractivity contribution in [1.82, 2.24) is 4.90 Å². The average molecular weight is 382 g/mol.